The lowest BCUT2D eigenvalue weighted by Crippen LogP contribution is -2.18. The van der Waals surface area contributed by atoms with Gasteiger partial charge in [0, 0.05) is 29.9 Å². The summed E-state index contributed by atoms with van der Waals surface area (Å²) in [6, 6.07) is 29.8. The minimum absolute atomic E-state index is 0. The first-order valence-corrected chi connectivity index (χ1v) is 16.4. The van der Waals surface area contributed by atoms with E-state index in [0.29, 0.717) is 10.9 Å². The Bertz CT molecular complexity index is 2190. The Kier molecular flexibility index (Phi) is 7.43. The van der Waals surface area contributed by atoms with Gasteiger partial charge in [-0.3, -0.25) is 4.98 Å². The van der Waals surface area contributed by atoms with Crippen molar-refractivity contribution in [1.29, 1.82) is 0 Å². The van der Waals surface area contributed by atoms with E-state index in [-0.39, 0.29) is 29.1 Å². The van der Waals surface area contributed by atoms with E-state index < -0.39 is 15.8 Å². The van der Waals surface area contributed by atoms with Crippen molar-refractivity contribution in [2.45, 2.75) is 36.0 Å². The molecule has 0 radical (unpaired) electrons. The number of hydrogen-bond acceptors (Lipinski definition) is 3. The molecule has 2 unspecified atom stereocenters. The number of benzene rings is 4. The third kappa shape index (κ3) is 4.80. The lowest BCUT2D eigenvalue weighted by atomic mass is 9.70. The zero-order valence-corrected chi connectivity index (χ0v) is 25.9. The summed E-state index contributed by atoms with van der Waals surface area (Å²) in [5, 5.41) is 0.585. The van der Waals surface area contributed by atoms with Crippen molar-refractivity contribution in [3.8, 4) is 11.1 Å². The molecule has 0 saturated carbocycles. The third-order valence-corrected chi connectivity index (χ3v) is 10.9. The highest BCUT2D eigenvalue weighted by Crippen LogP contribution is 2.49. The van der Waals surface area contributed by atoms with Crippen molar-refractivity contribution in [1.82, 2.24) is 8.96 Å². The summed E-state index contributed by atoms with van der Waals surface area (Å²) in [6.45, 7) is 0. The number of halogens is 2. The summed E-state index contributed by atoms with van der Waals surface area (Å²) in [5.74, 6) is -0.684. The summed E-state index contributed by atoms with van der Waals surface area (Å²) >= 11 is 0. The van der Waals surface area contributed by atoms with Gasteiger partial charge in [-0.15, -0.1) is 12.4 Å². The molecular formula is C38H30ClFN2O2S. The lowest BCUT2D eigenvalue weighted by Gasteiger charge is -2.33. The van der Waals surface area contributed by atoms with Crippen LogP contribution in [0.25, 0.3) is 28.1 Å². The molecule has 0 spiro atoms. The van der Waals surface area contributed by atoms with E-state index in [9.17, 15) is 12.8 Å². The van der Waals surface area contributed by atoms with Crippen LogP contribution in [0, 0.1) is 5.82 Å². The highest BCUT2D eigenvalue weighted by molar-refractivity contribution is 7.90. The Morgan fingerprint density at radius 2 is 1.69 bits per heavy atom. The Labute approximate surface area is 268 Å². The second kappa shape index (κ2) is 11.4. The van der Waals surface area contributed by atoms with E-state index in [1.54, 1.807) is 48.8 Å². The van der Waals surface area contributed by atoms with Gasteiger partial charge in [0.05, 0.1) is 10.4 Å². The molecule has 2 aliphatic rings. The monoisotopic (exact) mass is 632 g/mol. The minimum atomic E-state index is -3.94. The van der Waals surface area contributed by atoms with Crippen LogP contribution in [-0.4, -0.2) is 17.4 Å². The number of allylic oxidation sites excluding steroid dienone is 1. The standard InChI is InChI=1S/C38H29FN2O2S.ClH/c39-27-16-20-37-35(22-27)36(24-41(37)44(42,43)28-10-2-1-3-11-28)38(26-9-7-21-40-23-26)34-14-6-13-30-32-17-15-25-8-4-5-12-29(25)31(32)18-19-33(30)34;/h1-13,16,18-24,34,38H,14-15,17H2;1H. The van der Waals surface area contributed by atoms with Crippen LogP contribution >= 0.6 is 12.4 Å². The molecule has 0 fully saturated rings. The average molecular weight is 633 g/mol. The van der Waals surface area contributed by atoms with Crippen LogP contribution in [0.3, 0.4) is 0 Å². The van der Waals surface area contributed by atoms with Gasteiger partial charge in [0.2, 0.25) is 0 Å². The molecule has 4 nitrogen and oxygen atoms in total. The summed E-state index contributed by atoms with van der Waals surface area (Å²) in [4.78, 5) is 4.64. The molecule has 0 bridgehead atoms. The molecule has 2 heterocycles. The van der Waals surface area contributed by atoms with Crippen LogP contribution in [0.5, 0.6) is 0 Å². The summed E-state index contributed by atoms with van der Waals surface area (Å²) in [5.41, 5.74) is 9.95. The number of aromatic nitrogens is 2. The van der Waals surface area contributed by atoms with E-state index in [2.05, 4.69) is 53.5 Å². The smallest absolute Gasteiger partial charge is 0.264 e. The zero-order chi connectivity index (χ0) is 29.8. The maximum absolute atomic E-state index is 14.9. The number of hydrogen-bond donors (Lipinski definition) is 0. The van der Waals surface area contributed by atoms with Crippen molar-refractivity contribution in [2.75, 3.05) is 0 Å². The van der Waals surface area contributed by atoms with E-state index in [0.717, 1.165) is 30.4 Å². The fourth-order valence-electron chi connectivity index (χ4n) is 7.30. The number of fused-ring (bicyclic) bond motifs is 6. The molecule has 8 rings (SSSR count). The van der Waals surface area contributed by atoms with Gasteiger partial charge in [-0.25, -0.2) is 16.8 Å². The van der Waals surface area contributed by atoms with Crippen LogP contribution in [0.4, 0.5) is 4.39 Å². The Balaban J connectivity index is 0.00000325. The van der Waals surface area contributed by atoms with Crippen molar-refractivity contribution in [3.05, 3.63) is 161 Å². The molecule has 2 atom stereocenters. The second-order valence-electron chi connectivity index (χ2n) is 11.6. The predicted octanol–water partition coefficient (Wildman–Crippen LogP) is 8.93. The SMILES string of the molecule is Cl.O=S(=O)(c1ccccc1)n1cc(C(c2cccnc2)C2CC=Cc3c2ccc2c3CCc3ccccc3-2)c2cc(F)ccc21. The molecule has 0 amide bonds. The quantitative estimate of drug-likeness (QED) is 0.191. The number of rotatable bonds is 5. The molecule has 2 aliphatic carbocycles. The van der Waals surface area contributed by atoms with Crippen LogP contribution < -0.4 is 0 Å². The van der Waals surface area contributed by atoms with Crippen molar-refractivity contribution < 1.29 is 12.8 Å². The van der Waals surface area contributed by atoms with Crippen LogP contribution in [0.1, 0.15) is 51.6 Å². The van der Waals surface area contributed by atoms with Gasteiger partial charge < -0.3 is 0 Å². The van der Waals surface area contributed by atoms with Gasteiger partial charge in [-0.2, -0.15) is 0 Å². The van der Waals surface area contributed by atoms with Crippen LogP contribution in [0.15, 0.2) is 127 Å². The molecule has 0 N–H and O–H groups in total. The first-order valence-electron chi connectivity index (χ1n) is 14.9. The number of pyridine rings is 1. The minimum Gasteiger partial charge on any atom is -0.264 e. The molecule has 6 aromatic rings. The maximum Gasteiger partial charge on any atom is 0.268 e. The maximum atomic E-state index is 14.9. The predicted molar refractivity (Wildman–Crippen MR) is 180 cm³/mol. The van der Waals surface area contributed by atoms with E-state index in [1.165, 1.54) is 49.5 Å². The molecule has 2 aromatic heterocycles. The summed E-state index contributed by atoms with van der Waals surface area (Å²) in [6.07, 6.45) is 12.5. The van der Waals surface area contributed by atoms with E-state index in [1.807, 2.05) is 18.3 Å². The first-order chi connectivity index (χ1) is 21.5. The summed E-state index contributed by atoms with van der Waals surface area (Å²) < 4.78 is 44.2. The largest absolute Gasteiger partial charge is 0.268 e. The van der Waals surface area contributed by atoms with Gasteiger partial charge in [-0.1, -0.05) is 72.8 Å². The molecule has 45 heavy (non-hydrogen) atoms. The lowest BCUT2D eigenvalue weighted by molar-refractivity contribution is 0.587. The van der Waals surface area contributed by atoms with Crippen molar-refractivity contribution in [2.24, 2.45) is 0 Å². The van der Waals surface area contributed by atoms with E-state index in [4.69, 9.17) is 0 Å². The molecule has 0 saturated heterocycles. The number of aryl methyl sites for hydroxylation is 1. The normalized spacial score (nSPS) is 15.9. The molecule has 4 aromatic carbocycles. The topological polar surface area (TPSA) is 52.0 Å². The average Bonchev–Trinajstić information content (AvgIpc) is 3.44. The fraction of sp³-hybridized carbons (Fsp3) is 0.132. The van der Waals surface area contributed by atoms with Crippen LogP contribution in [-0.2, 0) is 22.9 Å². The van der Waals surface area contributed by atoms with Gasteiger partial charge in [0.25, 0.3) is 10.0 Å². The van der Waals surface area contributed by atoms with Crippen molar-refractivity contribution in [3.63, 3.8) is 0 Å². The third-order valence-electron chi connectivity index (χ3n) is 9.26. The second-order valence-corrected chi connectivity index (χ2v) is 13.4. The highest BCUT2D eigenvalue weighted by Gasteiger charge is 2.34. The van der Waals surface area contributed by atoms with Gasteiger partial charge in [-0.05, 0) is 106 Å². The molecule has 7 heteroatoms. The summed E-state index contributed by atoms with van der Waals surface area (Å²) in [7, 11) is -3.94. The zero-order valence-electron chi connectivity index (χ0n) is 24.3. The highest BCUT2D eigenvalue weighted by atomic mass is 35.5. The Morgan fingerprint density at radius 3 is 2.51 bits per heavy atom. The molecule has 0 aliphatic heterocycles. The Hall–Kier alpha value is -4.52. The first kappa shape index (κ1) is 29.2. The number of nitrogens with zero attached hydrogens (tertiary/aromatic N) is 2. The van der Waals surface area contributed by atoms with Crippen LogP contribution in [0.2, 0.25) is 0 Å². The fourth-order valence-corrected chi connectivity index (χ4v) is 8.70. The molecular weight excluding hydrogens is 603 g/mol. The van der Waals surface area contributed by atoms with Gasteiger partial charge in [0.1, 0.15) is 5.82 Å². The molecule has 224 valence electrons. The van der Waals surface area contributed by atoms with E-state index >= 15 is 0 Å². The van der Waals surface area contributed by atoms with Crippen molar-refractivity contribution >= 4 is 39.4 Å². The van der Waals surface area contributed by atoms with Gasteiger partial charge in [0.15, 0.2) is 0 Å². The van der Waals surface area contributed by atoms with Gasteiger partial charge >= 0.3 is 0 Å². The Morgan fingerprint density at radius 1 is 0.867 bits per heavy atom.